The van der Waals surface area contributed by atoms with Crippen LogP contribution in [0.1, 0.15) is 57.6 Å². The molecule has 0 aliphatic rings. The zero-order valence-electron chi connectivity index (χ0n) is 15.1. The zero-order chi connectivity index (χ0) is 17.2. The molecule has 0 fully saturated rings. The zero-order valence-corrected chi connectivity index (χ0v) is 15.1. The van der Waals surface area contributed by atoms with Gasteiger partial charge in [-0.1, -0.05) is 92.8 Å². The van der Waals surface area contributed by atoms with E-state index in [2.05, 4.69) is 69.5 Å². The summed E-state index contributed by atoms with van der Waals surface area (Å²) in [5.74, 6) is 0.681. The Morgan fingerprint density at radius 1 is 0.913 bits per heavy atom. The van der Waals surface area contributed by atoms with Crippen molar-refractivity contribution in [3.63, 3.8) is 0 Å². The highest BCUT2D eigenvalue weighted by atomic mass is 14.1. The standard InChI is InChI=1S/C23H30/c1-7-21(8-2)22-16-14-20(15-17-22)12-10-9-11-13-23(18(3)4)19(5)6/h9-17,21H,3,5,7-8H2,1-2,4,6H3. The normalized spacial score (nSPS) is 11.3. The number of hydrogen-bond donors (Lipinski definition) is 0. The molecule has 0 saturated heterocycles. The van der Waals surface area contributed by atoms with Crippen molar-refractivity contribution >= 4 is 6.08 Å². The molecule has 0 bridgehead atoms. The molecule has 0 radical (unpaired) electrons. The molecule has 0 heteroatoms. The first-order chi connectivity index (χ1) is 11.0. The van der Waals surface area contributed by atoms with Gasteiger partial charge in [-0.3, -0.25) is 0 Å². The van der Waals surface area contributed by atoms with Gasteiger partial charge in [-0.05, 0) is 49.3 Å². The molecule has 122 valence electrons. The number of benzene rings is 1. The van der Waals surface area contributed by atoms with Gasteiger partial charge in [0.15, 0.2) is 0 Å². The second-order valence-corrected chi connectivity index (χ2v) is 6.07. The molecular weight excluding hydrogens is 276 g/mol. The fraction of sp³-hybridized carbons (Fsp3) is 0.304. The van der Waals surface area contributed by atoms with Gasteiger partial charge >= 0.3 is 0 Å². The van der Waals surface area contributed by atoms with E-state index in [4.69, 9.17) is 0 Å². The molecule has 0 amide bonds. The Bertz CT molecular complexity index is 586. The Balaban J connectivity index is 2.71. The summed E-state index contributed by atoms with van der Waals surface area (Å²) in [5, 5.41) is 0. The lowest BCUT2D eigenvalue weighted by Gasteiger charge is -2.12. The van der Waals surface area contributed by atoms with E-state index in [1.807, 2.05) is 26.0 Å². The van der Waals surface area contributed by atoms with E-state index < -0.39 is 0 Å². The molecule has 0 heterocycles. The van der Waals surface area contributed by atoms with Crippen molar-refractivity contribution in [3.05, 3.63) is 89.6 Å². The van der Waals surface area contributed by atoms with Crippen LogP contribution >= 0.6 is 0 Å². The highest BCUT2D eigenvalue weighted by Gasteiger charge is 2.05. The van der Waals surface area contributed by atoms with Gasteiger partial charge in [0.2, 0.25) is 0 Å². The van der Waals surface area contributed by atoms with Crippen molar-refractivity contribution in [1.82, 2.24) is 0 Å². The maximum absolute atomic E-state index is 3.98. The van der Waals surface area contributed by atoms with Crippen molar-refractivity contribution in [2.24, 2.45) is 0 Å². The van der Waals surface area contributed by atoms with Gasteiger partial charge in [-0.25, -0.2) is 0 Å². The Morgan fingerprint density at radius 2 is 1.48 bits per heavy atom. The van der Waals surface area contributed by atoms with Crippen molar-refractivity contribution < 1.29 is 0 Å². The summed E-state index contributed by atoms with van der Waals surface area (Å²) in [6.45, 7) is 16.5. The van der Waals surface area contributed by atoms with E-state index in [-0.39, 0.29) is 0 Å². The average Bonchev–Trinajstić information content (AvgIpc) is 2.52. The third-order valence-corrected chi connectivity index (χ3v) is 4.09. The van der Waals surface area contributed by atoms with Crippen molar-refractivity contribution in [1.29, 1.82) is 0 Å². The first kappa shape index (κ1) is 19.0. The monoisotopic (exact) mass is 306 g/mol. The van der Waals surface area contributed by atoms with Gasteiger partial charge in [0.25, 0.3) is 0 Å². The Hall–Kier alpha value is -2.08. The maximum atomic E-state index is 3.98. The largest absolute Gasteiger partial charge is 0.0955 e. The smallest absolute Gasteiger partial charge is 0.0167 e. The Kier molecular flexibility index (Phi) is 8.11. The lowest BCUT2D eigenvalue weighted by Crippen LogP contribution is -1.94. The van der Waals surface area contributed by atoms with Crippen molar-refractivity contribution in [2.45, 2.75) is 46.5 Å². The van der Waals surface area contributed by atoms with Crippen LogP contribution in [0.4, 0.5) is 0 Å². The summed E-state index contributed by atoms with van der Waals surface area (Å²) in [7, 11) is 0. The van der Waals surface area contributed by atoms with Crippen molar-refractivity contribution in [2.75, 3.05) is 0 Å². The molecule has 0 aliphatic heterocycles. The third-order valence-electron chi connectivity index (χ3n) is 4.09. The molecule has 0 saturated carbocycles. The molecule has 0 atom stereocenters. The van der Waals surface area contributed by atoms with Gasteiger partial charge < -0.3 is 0 Å². The van der Waals surface area contributed by atoms with Crippen LogP contribution in [0, 0.1) is 0 Å². The minimum absolute atomic E-state index is 0.681. The quantitative estimate of drug-likeness (QED) is 0.444. The van der Waals surface area contributed by atoms with Crippen LogP contribution < -0.4 is 0 Å². The maximum Gasteiger partial charge on any atom is -0.0167 e. The van der Waals surface area contributed by atoms with Gasteiger partial charge in [0.1, 0.15) is 0 Å². The number of allylic oxidation sites excluding steroid dienone is 7. The summed E-state index contributed by atoms with van der Waals surface area (Å²) < 4.78 is 0. The minimum Gasteiger partial charge on any atom is -0.0955 e. The number of hydrogen-bond acceptors (Lipinski definition) is 0. The summed E-state index contributed by atoms with van der Waals surface area (Å²) >= 11 is 0. The molecular formula is C23H30. The summed E-state index contributed by atoms with van der Waals surface area (Å²) in [5.41, 5.74) is 5.88. The van der Waals surface area contributed by atoms with Crippen molar-refractivity contribution in [3.8, 4) is 0 Å². The molecule has 0 nitrogen and oxygen atoms in total. The molecule has 0 aliphatic carbocycles. The highest BCUT2D eigenvalue weighted by molar-refractivity contribution is 5.52. The predicted octanol–water partition coefficient (Wildman–Crippen LogP) is 7.24. The SMILES string of the molecule is C=C(C)C(=CC=CC=Cc1ccc(C(CC)CC)cc1)C(=C)C. The molecule has 1 aromatic rings. The molecule has 1 rings (SSSR count). The second kappa shape index (κ2) is 9.84. The van der Waals surface area contributed by atoms with Crippen LogP contribution in [0.2, 0.25) is 0 Å². The predicted molar refractivity (Wildman–Crippen MR) is 106 cm³/mol. The van der Waals surface area contributed by atoms with E-state index in [1.165, 1.54) is 24.0 Å². The van der Waals surface area contributed by atoms with E-state index >= 15 is 0 Å². The molecule has 1 aromatic carbocycles. The van der Waals surface area contributed by atoms with Crippen LogP contribution in [-0.2, 0) is 0 Å². The molecule has 0 spiro atoms. The molecule has 23 heavy (non-hydrogen) atoms. The van der Waals surface area contributed by atoms with Crippen LogP contribution in [0.25, 0.3) is 6.08 Å². The molecule has 0 N–H and O–H groups in total. The second-order valence-electron chi connectivity index (χ2n) is 6.07. The van der Waals surface area contributed by atoms with Gasteiger partial charge in [-0.2, -0.15) is 0 Å². The highest BCUT2D eigenvalue weighted by Crippen LogP contribution is 2.23. The lowest BCUT2D eigenvalue weighted by molar-refractivity contribution is 0.642. The van der Waals surface area contributed by atoms with Crippen LogP contribution in [0.3, 0.4) is 0 Å². The Labute approximate surface area is 142 Å². The average molecular weight is 306 g/mol. The lowest BCUT2D eigenvalue weighted by atomic mass is 9.93. The Morgan fingerprint density at radius 3 is 1.96 bits per heavy atom. The van der Waals surface area contributed by atoms with Gasteiger partial charge in [0.05, 0.1) is 0 Å². The van der Waals surface area contributed by atoms with E-state index in [9.17, 15) is 0 Å². The molecule has 0 unspecified atom stereocenters. The topological polar surface area (TPSA) is 0 Å². The fourth-order valence-electron chi connectivity index (χ4n) is 2.67. The van der Waals surface area contributed by atoms with E-state index in [0.29, 0.717) is 5.92 Å². The van der Waals surface area contributed by atoms with E-state index in [0.717, 1.165) is 16.7 Å². The summed E-state index contributed by atoms with van der Waals surface area (Å²) in [4.78, 5) is 0. The fourth-order valence-corrected chi connectivity index (χ4v) is 2.67. The van der Waals surface area contributed by atoms with Gasteiger partial charge in [-0.15, -0.1) is 0 Å². The number of rotatable bonds is 8. The molecule has 0 aromatic heterocycles. The summed E-state index contributed by atoms with van der Waals surface area (Å²) in [6, 6.07) is 8.89. The minimum atomic E-state index is 0.681. The first-order valence-corrected chi connectivity index (χ1v) is 8.46. The third kappa shape index (κ3) is 6.28. The first-order valence-electron chi connectivity index (χ1n) is 8.46. The van der Waals surface area contributed by atoms with Gasteiger partial charge in [0, 0.05) is 0 Å². The van der Waals surface area contributed by atoms with Crippen LogP contribution in [0.15, 0.2) is 78.4 Å². The van der Waals surface area contributed by atoms with Crippen LogP contribution in [-0.4, -0.2) is 0 Å². The summed E-state index contributed by atoms with van der Waals surface area (Å²) in [6.07, 6.45) is 12.7. The van der Waals surface area contributed by atoms with Crippen LogP contribution in [0.5, 0.6) is 0 Å². The van der Waals surface area contributed by atoms with E-state index in [1.54, 1.807) is 0 Å².